The molecule has 0 N–H and O–H groups in total. The topological polar surface area (TPSA) is 39.9 Å². The molecular weight excluding hydrogens is 332 g/mol. The second-order valence-corrected chi connectivity index (χ2v) is 5.31. The third-order valence-electron chi connectivity index (χ3n) is 2.76. The molecule has 1 unspecified atom stereocenters. The summed E-state index contributed by atoms with van der Waals surface area (Å²) in [6.07, 6.45) is 2.69. The zero-order valence-electron chi connectivity index (χ0n) is 10.8. The molecule has 0 saturated heterocycles. The molecule has 1 heterocycles. The van der Waals surface area contributed by atoms with Gasteiger partial charge >= 0.3 is 6.61 Å². The van der Waals surface area contributed by atoms with Crippen LogP contribution in [0.15, 0.2) is 30.5 Å². The number of para-hydroxylation sites is 1. The van der Waals surface area contributed by atoms with E-state index in [1.807, 2.05) is 6.92 Å². The molecule has 1 aromatic carbocycles. The van der Waals surface area contributed by atoms with Crippen molar-refractivity contribution in [2.45, 2.75) is 31.3 Å². The average Bonchev–Trinajstić information content (AvgIpc) is 2.88. The van der Waals surface area contributed by atoms with Crippen LogP contribution in [0.2, 0.25) is 0 Å². The molecule has 20 heavy (non-hydrogen) atoms. The summed E-state index contributed by atoms with van der Waals surface area (Å²) in [6.45, 7) is -0.474. The lowest BCUT2D eigenvalue weighted by molar-refractivity contribution is -0.0505. The summed E-state index contributed by atoms with van der Waals surface area (Å²) in [5.41, 5.74) is 1.45. The monoisotopic (exact) mass is 345 g/mol. The Morgan fingerprint density at radius 3 is 2.80 bits per heavy atom. The Morgan fingerprint density at radius 2 is 2.10 bits per heavy atom. The SMILES string of the molecule is CCC(Br)c1cn(Cc2ccccc2OC(F)F)nn1. The number of halogens is 3. The normalized spacial score (nSPS) is 12.7. The molecule has 108 valence electrons. The molecule has 1 atom stereocenters. The van der Waals surface area contributed by atoms with Gasteiger partial charge in [0, 0.05) is 11.8 Å². The highest BCUT2D eigenvalue weighted by Gasteiger charge is 2.12. The lowest BCUT2D eigenvalue weighted by Gasteiger charge is -2.10. The van der Waals surface area contributed by atoms with Gasteiger partial charge in [-0.1, -0.05) is 46.3 Å². The van der Waals surface area contributed by atoms with Crippen LogP contribution >= 0.6 is 15.9 Å². The molecule has 0 aliphatic rings. The van der Waals surface area contributed by atoms with Crippen molar-refractivity contribution in [3.8, 4) is 5.75 Å². The number of hydrogen-bond acceptors (Lipinski definition) is 3. The van der Waals surface area contributed by atoms with Gasteiger partial charge in [0.2, 0.25) is 0 Å². The number of alkyl halides is 3. The highest BCUT2D eigenvalue weighted by Crippen LogP contribution is 2.24. The minimum absolute atomic E-state index is 0.142. The summed E-state index contributed by atoms with van der Waals surface area (Å²) in [4.78, 5) is 0.142. The third kappa shape index (κ3) is 3.75. The molecule has 0 amide bonds. The van der Waals surface area contributed by atoms with Crippen LogP contribution in [0.25, 0.3) is 0 Å². The van der Waals surface area contributed by atoms with Crippen molar-refractivity contribution < 1.29 is 13.5 Å². The Bertz CT molecular complexity index is 562. The Hall–Kier alpha value is -1.50. The second-order valence-electron chi connectivity index (χ2n) is 4.20. The molecule has 0 bridgehead atoms. The second kappa shape index (κ2) is 6.78. The molecule has 1 aromatic heterocycles. The number of rotatable bonds is 6. The van der Waals surface area contributed by atoms with Gasteiger partial charge in [0.05, 0.1) is 17.1 Å². The van der Waals surface area contributed by atoms with Gasteiger partial charge in [-0.25, -0.2) is 4.68 Å². The smallest absolute Gasteiger partial charge is 0.387 e. The fourth-order valence-electron chi connectivity index (χ4n) is 1.76. The zero-order valence-corrected chi connectivity index (χ0v) is 12.4. The van der Waals surface area contributed by atoms with Gasteiger partial charge in [0.15, 0.2) is 0 Å². The predicted octanol–water partition coefficient (Wildman–Crippen LogP) is 3.77. The standard InChI is InChI=1S/C13H14BrF2N3O/c1-2-10(14)11-8-19(18-17-11)7-9-5-3-4-6-12(9)20-13(15)16/h3-6,8,10,13H,2,7H2,1H3. The first-order chi connectivity index (χ1) is 9.60. The van der Waals surface area contributed by atoms with E-state index in [4.69, 9.17) is 0 Å². The quantitative estimate of drug-likeness (QED) is 0.748. The number of aromatic nitrogens is 3. The van der Waals surface area contributed by atoms with Crippen LogP contribution < -0.4 is 4.74 Å². The van der Waals surface area contributed by atoms with Gasteiger partial charge in [-0.05, 0) is 12.5 Å². The van der Waals surface area contributed by atoms with Crippen molar-refractivity contribution >= 4 is 15.9 Å². The van der Waals surface area contributed by atoms with Crippen molar-refractivity contribution in [3.63, 3.8) is 0 Å². The Kier molecular flexibility index (Phi) is 5.05. The van der Waals surface area contributed by atoms with Crippen LogP contribution in [0.5, 0.6) is 5.75 Å². The molecule has 0 saturated carbocycles. The van der Waals surface area contributed by atoms with Gasteiger partial charge in [0.1, 0.15) is 5.75 Å². The van der Waals surface area contributed by atoms with Gasteiger partial charge in [0.25, 0.3) is 0 Å². The molecule has 0 fully saturated rings. The summed E-state index contributed by atoms with van der Waals surface area (Å²) in [5, 5.41) is 8.05. The summed E-state index contributed by atoms with van der Waals surface area (Å²) >= 11 is 3.49. The molecule has 7 heteroatoms. The summed E-state index contributed by atoms with van der Waals surface area (Å²) in [5.74, 6) is 0.158. The summed E-state index contributed by atoms with van der Waals surface area (Å²) < 4.78 is 30.8. The van der Waals surface area contributed by atoms with E-state index < -0.39 is 6.61 Å². The fourth-order valence-corrected chi connectivity index (χ4v) is 1.97. The fraction of sp³-hybridized carbons (Fsp3) is 0.385. The van der Waals surface area contributed by atoms with Crippen LogP contribution in [0.1, 0.15) is 29.4 Å². The lowest BCUT2D eigenvalue weighted by Crippen LogP contribution is -2.07. The maximum absolute atomic E-state index is 12.3. The Labute approximate surface area is 123 Å². The summed E-state index contributed by atoms with van der Waals surface area (Å²) in [7, 11) is 0. The lowest BCUT2D eigenvalue weighted by atomic mass is 10.2. The molecule has 0 spiro atoms. The minimum Gasteiger partial charge on any atom is -0.434 e. The average molecular weight is 346 g/mol. The highest BCUT2D eigenvalue weighted by atomic mass is 79.9. The van der Waals surface area contributed by atoms with Crippen LogP contribution in [0, 0.1) is 0 Å². The van der Waals surface area contributed by atoms with Crippen LogP contribution in [0.4, 0.5) is 8.78 Å². The molecule has 4 nitrogen and oxygen atoms in total. The summed E-state index contributed by atoms with van der Waals surface area (Å²) in [6, 6.07) is 6.66. The molecule has 0 radical (unpaired) electrons. The van der Waals surface area contributed by atoms with Crippen molar-refractivity contribution in [2.75, 3.05) is 0 Å². The van der Waals surface area contributed by atoms with Crippen molar-refractivity contribution in [1.82, 2.24) is 15.0 Å². The molecular formula is C13H14BrF2N3O. The van der Waals surface area contributed by atoms with E-state index in [9.17, 15) is 8.78 Å². The first kappa shape index (κ1) is 14.9. The van der Waals surface area contributed by atoms with Crippen LogP contribution in [-0.4, -0.2) is 21.6 Å². The Morgan fingerprint density at radius 1 is 1.35 bits per heavy atom. The van der Waals surface area contributed by atoms with Crippen LogP contribution in [0.3, 0.4) is 0 Å². The minimum atomic E-state index is -2.84. The third-order valence-corrected chi connectivity index (χ3v) is 3.87. The van der Waals surface area contributed by atoms with E-state index in [1.54, 1.807) is 29.1 Å². The van der Waals surface area contributed by atoms with Gasteiger partial charge < -0.3 is 4.74 Å². The van der Waals surface area contributed by atoms with Crippen molar-refractivity contribution in [1.29, 1.82) is 0 Å². The maximum atomic E-state index is 12.3. The maximum Gasteiger partial charge on any atom is 0.387 e. The predicted molar refractivity (Wildman–Crippen MR) is 74.2 cm³/mol. The van der Waals surface area contributed by atoms with Crippen molar-refractivity contribution in [2.24, 2.45) is 0 Å². The number of benzene rings is 1. The first-order valence-electron chi connectivity index (χ1n) is 6.17. The molecule has 2 rings (SSSR count). The molecule has 2 aromatic rings. The first-order valence-corrected chi connectivity index (χ1v) is 7.08. The largest absolute Gasteiger partial charge is 0.434 e. The van der Waals surface area contributed by atoms with Crippen LogP contribution in [-0.2, 0) is 6.54 Å². The van der Waals surface area contributed by atoms with E-state index in [2.05, 4.69) is 31.0 Å². The number of hydrogen-bond donors (Lipinski definition) is 0. The zero-order chi connectivity index (χ0) is 14.5. The number of nitrogens with zero attached hydrogens (tertiary/aromatic N) is 3. The van der Waals surface area contributed by atoms with Gasteiger partial charge in [-0.15, -0.1) is 5.10 Å². The van der Waals surface area contributed by atoms with E-state index in [0.29, 0.717) is 12.1 Å². The van der Waals surface area contributed by atoms with E-state index in [-0.39, 0.29) is 10.6 Å². The van der Waals surface area contributed by atoms with Gasteiger partial charge in [-0.2, -0.15) is 8.78 Å². The Balaban J connectivity index is 2.15. The van der Waals surface area contributed by atoms with E-state index in [0.717, 1.165) is 12.1 Å². The van der Waals surface area contributed by atoms with Gasteiger partial charge in [-0.3, -0.25) is 0 Å². The molecule has 0 aliphatic heterocycles. The van der Waals surface area contributed by atoms with E-state index >= 15 is 0 Å². The highest BCUT2D eigenvalue weighted by molar-refractivity contribution is 9.09. The van der Waals surface area contributed by atoms with Crippen molar-refractivity contribution in [3.05, 3.63) is 41.7 Å². The molecule has 0 aliphatic carbocycles. The number of ether oxygens (including phenoxy) is 1. The van der Waals surface area contributed by atoms with E-state index in [1.165, 1.54) is 6.07 Å².